The molecule has 3 aromatic rings. The van der Waals surface area contributed by atoms with Gasteiger partial charge in [-0.05, 0) is 45.0 Å². The second kappa shape index (κ2) is 6.84. The predicted molar refractivity (Wildman–Crippen MR) is 95.1 cm³/mol. The quantitative estimate of drug-likeness (QED) is 0.746. The highest BCUT2D eigenvalue weighted by Gasteiger charge is 2.18. The number of hydrogen-bond donors (Lipinski definition) is 2. The lowest BCUT2D eigenvalue weighted by molar-refractivity contribution is 0.0934. The van der Waals surface area contributed by atoms with Gasteiger partial charge in [-0.25, -0.2) is 0 Å². The van der Waals surface area contributed by atoms with Crippen molar-refractivity contribution in [2.24, 2.45) is 0 Å². The molecule has 6 nitrogen and oxygen atoms in total. The number of para-hydroxylation sites is 1. The molecule has 0 bridgehead atoms. The Morgan fingerprint density at radius 3 is 2.84 bits per heavy atom. The van der Waals surface area contributed by atoms with Gasteiger partial charge < -0.3 is 19.5 Å². The van der Waals surface area contributed by atoms with E-state index in [1.165, 1.54) is 6.07 Å². The first kappa shape index (κ1) is 16.8. The molecule has 2 N–H and O–H groups in total. The van der Waals surface area contributed by atoms with Crippen molar-refractivity contribution in [1.82, 2.24) is 10.3 Å². The van der Waals surface area contributed by atoms with Crippen molar-refractivity contribution in [3.8, 4) is 5.75 Å². The van der Waals surface area contributed by atoms with Gasteiger partial charge in [0.05, 0.1) is 12.6 Å². The zero-order chi connectivity index (χ0) is 18.0. The first-order valence-corrected chi connectivity index (χ1v) is 8.15. The van der Waals surface area contributed by atoms with Gasteiger partial charge in [0, 0.05) is 11.1 Å². The van der Waals surface area contributed by atoms with Gasteiger partial charge in [0.25, 0.3) is 11.5 Å². The maximum Gasteiger partial charge on any atom is 0.260 e. The minimum atomic E-state index is -0.445. The van der Waals surface area contributed by atoms with Crippen LogP contribution in [0.25, 0.3) is 11.0 Å². The SMILES string of the molecule is CCOc1cccc2cc(C(C)NC(=O)c3ccc(C)[nH]c3=O)oc12. The number of rotatable bonds is 5. The summed E-state index contributed by atoms with van der Waals surface area (Å²) in [7, 11) is 0. The molecule has 1 atom stereocenters. The van der Waals surface area contributed by atoms with E-state index in [9.17, 15) is 9.59 Å². The fourth-order valence-electron chi connectivity index (χ4n) is 2.64. The van der Waals surface area contributed by atoms with Gasteiger partial charge in [-0.1, -0.05) is 12.1 Å². The van der Waals surface area contributed by atoms with Crippen LogP contribution in [0.15, 0.2) is 45.6 Å². The number of carbonyl (C=O) groups is 1. The van der Waals surface area contributed by atoms with E-state index in [1.807, 2.05) is 31.2 Å². The molecule has 0 saturated heterocycles. The van der Waals surface area contributed by atoms with Gasteiger partial charge >= 0.3 is 0 Å². The van der Waals surface area contributed by atoms with E-state index in [0.29, 0.717) is 29.4 Å². The summed E-state index contributed by atoms with van der Waals surface area (Å²) in [6, 6.07) is 10.3. The number of benzene rings is 1. The number of H-pyrrole nitrogens is 1. The average Bonchev–Trinajstić information content (AvgIpc) is 3.00. The van der Waals surface area contributed by atoms with Crippen LogP contribution < -0.4 is 15.6 Å². The van der Waals surface area contributed by atoms with Crippen molar-refractivity contribution in [3.63, 3.8) is 0 Å². The monoisotopic (exact) mass is 340 g/mol. The number of fused-ring (bicyclic) bond motifs is 1. The van der Waals surface area contributed by atoms with Crippen molar-refractivity contribution in [3.05, 3.63) is 63.8 Å². The minimum absolute atomic E-state index is 0.0727. The highest BCUT2D eigenvalue weighted by Crippen LogP contribution is 2.31. The summed E-state index contributed by atoms with van der Waals surface area (Å²) in [6.07, 6.45) is 0. The minimum Gasteiger partial charge on any atom is -0.490 e. The van der Waals surface area contributed by atoms with E-state index in [1.54, 1.807) is 19.9 Å². The molecule has 1 unspecified atom stereocenters. The van der Waals surface area contributed by atoms with Crippen molar-refractivity contribution in [2.75, 3.05) is 6.61 Å². The van der Waals surface area contributed by atoms with Gasteiger partial charge in [-0.15, -0.1) is 0 Å². The topological polar surface area (TPSA) is 84.3 Å². The number of aromatic amines is 1. The number of carbonyl (C=O) groups excluding carboxylic acids is 1. The Labute approximate surface area is 144 Å². The maximum atomic E-state index is 12.3. The first-order chi connectivity index (χ1) is 12.0. The molecule has 0 spiro atoms. The second-order valence-corrected chi connectivity index (χ2v) is 5.84. The van der Waals surface area contributed by atoms with Crippen LogP contribution in [0.5, 0.6) is 5.75 Å². The Balaban J connectivity index is 1.84. The van der Waals surface area contributed by atoms with Crippen molar-refractivity contribution < 1.29 is 13.9 Å². The molecule has 0 radical (unpaired) electrons. The molecule has 1 amide bonds. The zero-order valence-corrected chi connectivity index (χ0v) is 14.4. The Hall–Kier alpha value is -3.02. The molecule has 0 saturated carbocycles. The summed E-state index contributed by atoms with van der Waals surface area (Å²) in [5.41, 5.74) is 1.01. The van der Waals surface area contributed by atoms with Crippen LogP contribution in [0.1, 0.15) is 41.7 Å². The molecular formula is C19H20N2O4. The molecular weight excluding hydrogens is 320 g/mol. The van der Waals surface area contributed by atoms with Gasteiger partial charge in [-0.3, -0.25) is 9.59 Å². The Kier molecular flexibility index (Phi) is 4.61. The number of pyridine rings is 1. The summed E-state index contributed by atoms with van der Waals surface area (Å²) in [5, 5.41) is 3.69. The van der Waals surface area contributed by atoms with E-state index in [0.717, 1.165) is 5.39 Å². The summed E-state index contributed by atoms with van der Waals surface area (Å²) in [4.78, 5) is 26.9. The van der Waals surface area contributed by atoms with Crippen LogP contribution >= 0.6 is 0 Å². The first-order valence-electron chi connectivity index (χ1n) is 8.15. The summed E-state index contributed by atoms with van der Waals surface area (Å²) in [6.45, 7) is 6.01. The van der Waals surface area contributed by atoms with Gasteiger partial charge in [0.2, 0.25) is 0 Å². The summed E-state index contributed by atoms with van der Waals surface area (Å²) in [5.74, 6) is 0.818. The normalized spacial score (nSPS) is 12.1. The van der Waals surface area contributed by atoms with E-state index in [4.69, 9.17) is 9.15 Å². The second-order valence-electron chi connectivity index (χ2n) is 5.84. The van der Waals surface area contributed by atoms with Crippen LogP contribution in [-0.4, -0.2) is 17.5 Å². The lowest BCUT2D eigenvalue weighted by atomic mass is 10.2. The number of amides is 1. The molecule has 2 aromatic heterocycles. The van der Waals surface area contributed by atoms with Crippen LogP contribution in [-0.2, 0) is 0 Å². The Morgan fingerprint density at radius 2 is 2.12 bits per heavy atom. The molecule has 0 aliphatic rings. The summed E-state index contributed by atoms with van der Waals surface area (Å²) >= 11 is 0. The molecule has 1 aromatic carbocycles. The van der Waals surface area contributed by atoms with Crippen LogP contribution in [0, 0.1) is 6.92 Å². The highest BCUT2D eigenvalue weighted by molar-refractivity contribution is 5.94. The van der Waals surface area contributed by atoms with Gasteiger partial charge in [0.1, 0.15) is 11.3 Å². The third-order valence-electron chi connectivity index (χ3n) is 3.90. The van der Waals surface area contributed by atoms with Crippen LogP contribution in [0.4, 0.5) is 0 Å². The molecule has 3 rings (SSSR count). The van der Waals surface area contributed by atoms with E-state index in [2.05, 4.69) is 10.3 Å². The molecule has 0 aliphatic carbocycles. The smallest absolute Gasteiger partial charge is 0.260 e. The molecule has 2 heterocycles. The lowest BCUT2D eigenvalue weighted by Crippen LogP contribution is -2.31. The Morgan fingerprint density at radius 1 is 1.32 bits per heavy atom. The predicted octanol–water partition coefficient (Wildman–Crippen LogP) is 3.32. The third-order valence-corrected chi connectivity index (χ3v) is 3.90. The molecule has 130 valence electrons. The number of aromatic nitrogens is 1. The number of nitrogens with one attached hydrogen (secondary N) is 2. The fraction of sp³-hybridized carbons (Fsp3) is 0.263. The lowest BCUT2D eigenvalue weighted by Gasteiger charge is -2.11. The fourth-order valence-corrected chi connectivity index (χ4v) is 2.64. The highest BCUT2D eigenvalue weighted by atomic mass is 16.5. The number of hydrogen-bond acceptors (Lipinski definition) is 4. The van der Waals surface area contributed by atoms with E-state index < -0.39 is 17.5 Å². The largest absolute Gasteiger partial charge is 0.490 e. The van der Waals surface area contributed by atoms with Crippen LogP contribution in [0.3, 0.4) is 0 Å². The number of furan rings is 1. The standard InChI is InChI=1S/C19H20N2O4/c1-4-24-15-7-5-6-13-10-16(25-17(13)15)12(3)21-19(23)14-9-8-11(2)20-18(14)22/h5-10,12H,4H2,1-3H3,(H,20,22)(H,21,23). The molecule has 0 aliphatic heterocycles. The third kappa shape index (κ3) is 3.42. The zero-order valence-electron chi connectivity index (χ0n) is 14.4. The van der Waals surface area contributed by atoms with Gasteiger partial charge in [0.15, 0.2) is 11.3 Å². The van der Waals surface area contributed by atoms with E-state index >= 15 is 0 Å². The van der Waals surface area contributed by atoms with Crippen molar-refractivity contribution in [1.29, 1.82) is 0 Å². The Bertz CT molecular complexity index is 971. The van der Waals surface area contributed by atoms with Crippen molar-refractivity contribution >= 4 is 16.9 Å². The van der Waals surface area contributed by atoms with Crippen molar-refractivity contribution in [2.45, 2.75) is 26.8 Å². The van der Waals surface area contributed by atoms with E-state index in [-0.39, 0.29) is 5.56 Å². The average molecular weight is 340 g/mol. The molecule has 25 heavy (non-hydrogen) atoms. The van der Waals surface area contributed by atoms with Gasteiger partial charge in [-0.2, -0.15) is 0 Å². The molecule has 0 fully saturated rings. The number of aryl methyl sites for hydroxylation is 1. The molecule has 6 heteroatoms. The number of ether oxygens (including phenoxy) is 1. The van der Waals surface area contributed by atoms with Crippen LogP contribution in [0.2, 0.25) is 0 Å². The summed E-state index contributed by atoms with van der Waals surface area (Å²) < 4.78 is 11.4. The maximum absolute atomic E-state index is 12.3.